The van der Waals surface area contributed by atoms with Gasteiger partial charge in [-0.15, -0.1) is 11.3 Å². The van der Waals surface area contributed by atoms with E-state index in [1.54, 1.807) is 13.8 Å². The summed E-state index contributed by atoms with van der Waals surface area (Å²) in [6.45, 7) is 2.40. The van der Waals surface area contributed by atoms with Crippen LogP contribution in [0, 0.1) is 13.8 Å². The van der Waals surface area contributed by atoms with Gasteiger partial charge < -0.3 is 14.8 Å². The van der Waals surface area contributed by atoms with Gasteiger partial charge in [0.25, 0.3) is 5.91 Å². The van der Waals surface area contributed by atoms with E-state index in [4.69, 9.17) is 4.74 Å². The molecule has 0 aliphatic rings. The number of thiophene rings is 1. The molecule has 0 unspecified atom stereocenters. The van der Waals surface area contributed by atoms with Crippen molar-refractivity contribution >= 4 is 28.2 Å². The maximum absolute atomic E-state index is 12.5. The fourth-order valence-electron chi connectivity index (χ4n) is 2.19. The second kappa shape index (κ2) is 8.06. The number of aryl methyl sites for hydroxylation is 1. The highest BCUT2D eigenvalue weighted by atomic mass is 32.1. The largest absolute Gasteiger partial charge is 0.462 e. The lowest BCUT2D eigenvalue weighted by Gasteiger charge is -2.11. The molecule has 1 N–H and O–H groups in total. The highest BCUT2D eigenvalue weighted by Gasteiger charge is 2.23. The average Bonchev–Trinajstić information content (AvgIpc) is 2.81. The number of anilines is 1. The number of para-hydroxylation sites is 1. The van der Waals surface area contributed by atoms with Gasteiger partial charge in [-0.2, -0.15) is 8.78 Å². The molecule has 0 saturated carbocycles. The van der Waals surface area contributed by atoms with Crippen LogP contribution in [0.2, 0.25) is 0 Å². The fraction of sp³-hybridized carbons (Fsp3) is 0.294. The van der Waals surface area contributed by atoms with Gasteiger partial charge in [0.15, 0.2) is 0 Å². The second-order valence-corrected chi connectivity index (χ2v) is 6.26. The fourth-order valence-corrected chi connectivity index (χ4v) is 3.23. The number of hydrogen-bond donors (Lipinski definition) is 1. The summed E-state index contributed by atoms with van der Waals surface area (Å²) >= 11 is 1.22. The van der Waals surface area contributed by atoms with E-state index in [1.165, 1.54) is 35.6 Å². The van der Waals surface area contributed by atoms with Gasteiger partial charge in [0.2, 0.25) is 0 Å². The number of amides is 1. The number of rotatable bonds is 6. The van der Waals surface area contributed by atoms with Crippen LogP contribution >= 0.6 is 11.3 Å². The number of nitrogens with one attached hydrogen (secondary N) is 1. The monoisotopic (exact) mass is 369 g/mol. The van der Waals surface area contributed by atoms with Crippen molar-refractivity contribution in [1.29, 1.82) is 0 Å². The molecular weight excluding hydrogens is 352 g/mol. The first kappa shape index (κ1) is 18.9. The van der Waals surface area contributed by atoms with Gasteiger partial charge in [-0.3, -0.25) is 4.79 Å². The zero-order valence-electron chi connectivity index (χ0n) is 13.9. The Balaban J connectivity index is 2.33. The van der Waals surface area contributed by atoms with E-state index in [0.29, 0.717) is 10.6 Å². The van der Waals surface area contributed by atoms with Crippen LogP contribution in [-0.2, 0) is 4.74 Å². The smallest absolute Gasteiger partial charge is 0.387 e. The lowest BCUT2D eigenvalue weighted by molar-refractivity contribution is -0.0501. The van der Waals surface area contributed by atoms with E-state index in [-0.39, 0.29) is 23.5 Å². The molecule has 0 aliphatic carbocycles. The third kappa shape index (κ3) is 4.33. The van der Waals surface area contributed by atoms with Crippen LogP contribution in [0.3, 0.4) is 0 Å². The summed E-state index contributed by atoms with van der Waals surface area (Å²) in [4.78, 5) is 25.5. The van der Waals surface area contributed by atoms with E-state index >= 15 is 0 Å². The minimum Gasteiger partial charge on any atom is -0.462 e. The van der Waals surface area contributed by atoms with E-state index in [1.807, 2.05) is 6.92 Å². The molecule has 2 rings (SSSR count). The highest BCUT2D eigenvalue weighted by Crippen LogP contribution is 2.34. The molecule has 0 bridgehead atoms. The van der Waals surface area contributed by atoms with Crippen LogP contribution in [-0.4, -0.2) is 25.1 Å². The maximum Gasteiger partial charge on any atom is 0.387 e. The summed E-state index contributed by atoms with van der Waals surface area (Å²) in [5, 5.41) is 2.91. The van der Waals surface area contributed by atoms with Gasteiger partial charge in [-0.25, -0.2) is 4.79 Å². The van der Waals surface area contributed by atoms with E-state index < -0.39 is 18.5 Å². The van der Waals surface area contributed by atoms with Gasteiger partial charge in [0.05, 0.1) is 17.7 Å². The Morgan fingerprint density at radius 3 is 2.56 bits per heavy atom. The number of ether oxygens (including phenoxy) is 2. The van der Waals surface area contributed by atoms with Crippen molar-refractivity contribution in [1.82, 2.24) is 0 Å². The number of hydrogen-bond acceptors (Lipinski definition) is 5. The predicted molar refractivity (Wildman–Crippen MR) is 90.8 cm³/mol. The lowest BCUT2D eigenvalue weighted by Crippen LogP contribution is -2.16. The van der Waals surface area contributed by atoms with Crippen LogP contribution < -0.4 is 10.1 Å². The molecule has 2 aromatic rings. The predicted octanol–water partition coefficient (Wildman–Crippen LogP) is 4.40. The first-order chi connectivity index (χ1) is 11.8. The first-order valence-electron chi connectivity index (χ1n) is 7.47. The number of halogens is 2. The van der Waals surface area contributed by atoms with Gasteiger partial charge in [-0.05, 0) is 38.5 Å². The summed E-state index contributed by atoms with van der Waals surface area (Å²) < 4.78 is 34.4. The van der Waals surface area contributed by atoms with Crippen molar-refractivity contribution in [2.75, 3.05) is 11.9 Å². The Labute approximate surface area is 147 Å². The molecule has 134 valence electrons. The number of alkyl halides is 2. The standard InChI is InChI=1S/C17H17F2NO4S/c1-4-23-16(22)13-9(2)10(3)25-15(13)20-14(21)11-7-5-6-8-12(11)24-17(18)19/h5-8,17H,4H2,1-3H3,(H,20,21). The molecule has 0 saturated heterocycles. The Bertz CT molecular complexity index is 789. The van der Waals surface area contributed by atoms with Crippen LogP contribution in [0.5, 0.6) is 5.75 Å². The summed E-state index contributed by atoms with van der Waals surface area (Å²) in [6.07, 6.45) is 0. The summed E-state index contributed by atoms with van der Waals surface area (Å²) in [7, 11) is 0. The lowest BCUT2D eigenvalue weighted by atomic mass is 10.1. The third-order valence-corrected chi connectivity index (χ3v) is 4.56. The molecule has 0 fully saturated rings. The normalized spacial score (nSPS) is 10.6. The molecule has 8 heteroatoms. The third-order valence-electron chi connectivity index (χ3n) is 3.44. The van der Waals surface area contributed by atoms with E-state index in [9.17, 15) is 18.4 Å². The average molecular weight is 369 g/mol. The maximum atomic E-state index is 12.5. The molecule has 0 atom stereocenters. The van der Waals surface area contributed by atoms with E-state index in [2.05, 4.69) is 10.1 Å². The Morgan fingerprint density at radius 1 is 1.24 bits per heavy atom. The van der Waals surface area contributed by atoms with Crippen molar-refractivity contribution in [2.24, 2.45) is 0 Å². The molecule has 1 aromatic heterocycles. The van der Waals surface area contributed by atoms with Gasteiger partial charge in [-0.1, -0.05) is 12.1 Å². The molecule has 1 aromatic carbocycles. The summed E-state index contributed by atoms with van der Waals surface area (Å²) in [5.41, 5.74) is 0.919. The van der Waals surface area contributed by atoms with Crippen molar-refractivity contribution < 1.29 is 27.8 Å². The molecule has 0 radical (unpaired) electrons. The zero-order chi connectivity index (χ0) is 18.6. The molecular formula is C17H17F2NO4S. The number of benzene rings is 1. The molecule has 0 spiro atoms. The minimum atomic E-state index is -3.05. The molecule has 5 nitrogen and oxygen atoms in total. The van der Waals surface area contributed by atoms with E-state index in [0.717, 1.165) is 4.88 Å². The van der Waals surface area contributed by atoms with Crippen molar-refractivity contribution in [3.05, 3.63) is 45.8 Å². The topological polar surface area (TPSA) is 64.6 Å². The number of esters is 1. The van der Waals surface area contributed by atoms with Gasteiger partial charge in [0, 0.05) is 4.88 Å². The molecule has 0 aliphatic heterocycles. The van der Waals surface area contributed by atoms with Crippen LogP contribution in [0.1, 0.15) is 38.1 Å². The molecule has 1 heterocycles. The quantitative estimate of drug-likeness (QED) is 0.767. The molecule has 25 heavy (non-hydrogen) atoms. The zero-order valence-corrected chi connectivity index (χ0v) is 14.7. The first-order valence-corrected chi connectivity index (χ1v) is 8.29. The van der Waals surface area contributed by atoms with Crippen molar-refractivity contribution in [2.45, 2.75) is 27.4 Å². The number of carbonyl (C=O) groups excluding carboxylic acids is 2. The Hall–Kier alpha value is -2.48. The highest BCUT2D eigenvalue weighted by molar-refractivity contribution is 7.16. The Kier molecular flexibility index (Phi) is 6.08. The summed E-state index contributed by atoms with van der Waals surface area (Å²) in [5.74, 6) is -1.43. The van der Waals surface area contributed by atoms with Crippen LogP contribution in [0.25, 0.3) is 0 Å². The Morgan fingerprint density at radius 2 is 1.92 bits per heavy atom. The van der Waals surface area contributed by atoms with Gasteiger partial charge >= 0.3 is 12.6 Å². The van der Waals surface area contributed by atoms with Crippen LogP contribution in [0.4, 0.5) is 13.8 Å². The summed E-state index contributed by atoms with van der Waals surface area (Å²) in [6, 6.07) is 5.66. The van der Waals surface area contributed by atoms with Crippen molar-refractivity contribution in [3.8, 4) is 5.75 Å². The minimum absolute atomic E-state index is 0.0543. The number of carbonyl (C=O) groups is 2. The second-order valence-electron chi connectivity index (χ2n) is 5.04. The molecule has 1 amide bonds. The van der Waals surface area contributed by atoms with Crippen LogP contribution in [0.15, 0.2) is 24.3 Å². The van der Waals surface area contributed by atoms with Gasteiger partial charge in [0.1, 0.15) is 10.8 Å². The van der Waals surface area contributed by atoms with Crippen molar-refractivity contribution in [3.63, 3.8) is 0 Å². The SMILES string of the molecule is CCOC(=O)c1c(NC(=O)c2ccccc2OC(F)F)sc(C)c1C.